The molecular formula is C12H17BrN6. The number of aromatic nitrogens is 4. The van der Waals surface area contributed by atoms with Gasteiger partial charge in [-0.3, -0.25) is 16.3 Å². The van der Waals surface area contributed by atoms with Crippen molar-refractivity contribution in [1.29, 1.82) is 0 Å². The Morgan fingerprint density at radius 2 is 2.16 bits per heavy atom. The molecule has 0 bridgehead atoms. The number of pyridine rings is 1. The first-order chi connectivity index (χ1) is 9.11. The number of nitrogens with one attached hydrogen (secondary N) is 1. The van der Waals surface area contributed by atoms with Crippen molar-refractivity contribution in [3.8, 4) is 0 Å². The van der Waals surface area contributed by atoms with Gasteiger partial charge in [-0.15, -0.1) is 0 Å². The Morgan fingerprint density at radius 1 is 1.37 bits per heavy atom. The fourth-order valence-corrected chi connectivity index (χ4v) is 2.11. The summed E-state index contributed by atoms with van der Waals surface area (Å²) in [6.07, 6.45) is 3.97. The summed E-state index contributed by atoms with van der Waals surface area (Å²) in [6.45, 7) is 4.14. The smallest absolute Gasteiger partial charge is 0.138 e. The van der Waals surface area contributed by atoms with E-state index in [-0.39, 0.29) is 12.1 Å². The van der Waals surface area contributed by atoms with Crippen molar-refractivity contribution in [3.05, 3.63) is 40.6 Å². The lowest BCUT2D eigenvalue weighted by atomic mass is 10.1. The van der Waals surface area contributed by atoms with Crippen LogP contribution in [0.3, 0.4) is 0 Å². The summed E-state index contributed by atoms with van der Waals surface area (Å²) in [7, 11) is 0. The average molecular weight is 325 g/mol. The zero-order chi connectivity index (χ0) is 13.8. The summed E-state index contributed by atoms with van der Waals surface area (Å²) in [5, 5.41) is 4.22. The van der Waals surface area contributed by atoms with Crippen LogP contribution in [0.5, 0.6) is 0 Å². The highest BCUT2D eigenvalue weighted by molar-refractivity contribution is 9.10. The first-order valence-electron chi connectivity index (χ1n) is 6.07. The minimum atomic E-state index is -0.0881. The van der Waals surface area contributed by atoms with Crippen molar-refractivity contribution in [2.75, 3.05) is 0 Å². The normalized spacial score (nSPS) is 12.9. The van der Waals surface area contributed by atoms with Crippen molar-refractivity contribution in [1.82, 2.24) is 25.2 Å². The number of halogens is 1. The van der Waals surface area contributed by atoms with E-state index in [1.807, 2.05) is 16.8 Å². The standard InChI is InChI=1S/C12H17BrN6/c1-8(2)19-12(16-7-17-19)5-11(18-14)10-4-3-9(13)6-15-10/h3-4,6-8,11,18H,5,14H2,1-2H3. The van der Waals surface area contributed by atoms with Crippen LogP contribution < -0.4 is 11.3 Å². The van der Waals surface area contributed by atoms with E-state index in [0.717, 1.165) is 16.0 Å². The molecule has 0 radical (unpaired) electrons. The summed E-state index contributed by atoms with van der Waals surface area (Å²) in [5.41, 5.74) is 3.66. The van der Waals surface area contributed by atoms with E-state index in [1.165, 1.54) is 0 Å². The molecule has 2 heterocycles. The van der Waals surface area contributed by atoms with Crippen LogP contribution in [0.1, 0.15) is 37.4 Å². The van der Waals surface area contributed by atoms with Crippen LogP contribution >= 0.6 is 15.9 Å². The molecule has 2 aromatic rings. The van der Waals surface area contributed by atoms with E-state index in [4.69, 9.17) is 5.84 Å². The molecular weight excluding hydrogens is 308 g/mol. The van der Waals surface area contributed by atoms with Gasteiger partial charge in [0.15, 0.2) is 0 Å². The Kier molecular flexibility index (Phi) is 4.62. The second kappa shape index (κ2) is 6.23. The highest BCUT2D eigenvalue weighted by atomic mass is 79.9. The maximum Gasteiger partial charge on any atom is 0.138 e. The summed E-state index contributed by atoms with van der Waals surface area (Å²) >= 11 is 3.37. The van der Waals surface area contributed by atoms with Crippen LogP contribution in [-0.4, -0.2) is 19.7 Å². The Morgan fingerprint density at radius 3 is 2.74 bits per heavy atom. The molecule has 1 unspecified atom stereocenters. The predicted molar refractivity (Wildman–Crippen MR) is 76.1 cm³/mol. The van der Waals surface area contributed by atoms with Gasteiger partial charge in [-0.25, -0.2) is 9.67 Å². The average Bonchev–Trinajstić information content (AvgIpc) is 2.85. The van der Waals surface area contributed by atoms with Gasteiger partial charge in [-0.2, -0.15) is 5.10 Å². The van der Waals surface area contributed by atoms with E-state index in [1.54, 1.807) is 12.5 Å². The second-order valence-electron chi connectivity index (χ2n) is 4.54. The maximum atomic E-state index is 5.63. The molecule has 19 heavy (non-hydrogen) atoms. The molecule has 0 aliphatic carbocycles. The topological polar surface area (TPSA) is 81.7 Å². The van der Waals surface area contributed by atoms with E-state index in [0.29, 0.717) is 6.42 Å². The molecule has 102 valence electrons. The van der Waals surface area contributed by atoms with Gasteiger partial charge in [0.2, 0.25) is 0 Å². The lowest BCUT2D eigenvalue weighted by Crippen LogP contribution is -2.31. The first kappa shape index (κ1) is 14.1. The third kappa shape index (κ3) is 3.37. The quantitative estimate of drug-likeness (QED) is 0.647. The van der Waals surface area contributed by atoms with Gasteiger partial charge in [0.05, 0.1) is 11.7 Å². The molecule has 0 fully saturated rings. The highest BCUT2D eigenvalue weighted by Gasteiger charge is 2.16. The minimum absolute atomic E-state index is 0.0881. The molecule has 0 aromatic carbocycles. The SMILES string of the molecule is CC(C)n1ncnc1CC(NN)c1ccc(Br)cn1. The number of hydrogen-bond donors (Lipinski definition) is 2. The summed E-state index contributed by atoms with van der Waals surface area (Å²) in [5.74, 6) is 6.52. The van der Waals surface area contributed by atoms with E-state index in [9.17, 15) is 0 Å². The molecule has 0 saturated heterocycles. The largest absolute Gasteiger partial charge is 0.271 e. The zero-order valence-electron chi connectivity index (χ0n) is 10.9. The molecule has 0 spiro atoms. The van der Waals surface area contributed by atoms with Crippen LogP contribution in [0.2, 0.25) is 0 Å². The van der Waals surface area contributed by atoms with E-state index >= 15 is 0 Å². The van der Waals surface area contributed by atoms with E-state index in [2.05, 4.69) is 50.3 Å². The van der Waals surface area contributed by atoms with E-state index < -0.39 is 0 Å². The lowest BCUT2D eigenvalue weighted by Gasteiger charge is -2.16. The molecule has 6 nitrogen and oxygen atoms in total. The fraction of sp³-hybridized carbons (Fsp3) is 0.417. The lowest BCUT2D eigenvalue weighted by molar-refractivity contribution is 0.464. The first-order valence-corrected chi connectivity index (χ1v) is 6.87. The Bertz CT molecular complexity index is 521. The zero-order valence-corrected chi connectivity index (χ0v) is 12.5. The molecule has 2 rings (SSSR count). The van der Waals surface area contributed by atoms with Crippen LogP contribution in [0.25, 0.3) is 0 Å². The van der Waals surface area contributed by atoms with Crippen LogP contribution in [0.15, 0.2) is 29.1 Å². The van der Waals surface area contributed by atoms with Crippen molar-refractivity contribution in [2.24, 2.45) is 5.84 Å². The number of nitrogens with two attached hydrogens (primary N) is 1. The molecule has 0 aliphatic heterocycles. The second-order valence-corrected chi connectivity index (χ2v) is 5.45. The van der Waals surface area contributed by atoms with Gasteiger partial charge in [0.1, 0.15) is 12.2 Å². The van der Waals surface area contributed by atoms with Crippen molar-refractivity contribution >= 4 is 15.9 Å². The fourth-order valence-electron chi connectivity index (χ4n) is 1.88. The molecule has 0 aliphatic rings. The molecule has 1 atom stereocenters. The Hall–Kier alpha value is -1.31. The molecule has 0 amide bonds. The van der Waals surface area contributed by atoms with Gasteiger partial charge in [-0.05, 0) is 41.9 Å². The van der Waals surface area contributed by atoms with Gasteiger partial charge in [0.25, 0.3) is 0 Å². The minimum Gasteiger partial charge on any atom is -0.271 e. The van der Waals surface area contributed by atoms with Crippen LogP contribution in [0.4, 0.5) is 0 Å². The van der Waals surface area contributed by atoms with Gasteiger partial charge in [-0.1, -0.05) is 0 Å². The molecule has 3 N–H and O–H groups in total. The summed E-state index contributed by atoms with van der Waals surface area (Å²) in [4.78, 5) is 8.65. The predicted octanol–water partition coefficient (Wildman–Crippen LogP) is 1.76. The molecule has 0 saturated carbocycles. The molecule has 2 aromatic heterocycles. The Labute approximate surface area is 120 Å². The van der Waals surface area contributed by atoms with Crippen molar-refractivity contribution < 1.29 is 0 Å². The Balaban J connectivity index is 2.19. The van der Waals surface area contributed by atoms with Crippen molar-refractivity contribution in [2.45, 2.75) is 32.4 Å². The summed E-state index contributed by atoms with van der Waals surface area (Å²) in [6, 6.07) is 4.06. The van der Waals surface area contributed by atoms with Gasteiger partial charge >= 0.3 is 0 Å². The van der Waals surface area contributed by atoms with Gasteiger partial charge in [0, 0.05) is 23.1 Å². The van der Waals surface area contributed by atoms with Crippen molar-refractivity contribution in [3.63, 3.8) is 0 Å². The highest BCUT2D eigenvalue weighted by Crippen LogP contribution is 2.18. The summed E-state index contributed by atoms with van der Waals surface area (Å²) < 4.78 is 2.83. The maximum absolute atomic E-state index is 5.63. The number of hydrazine groups is 1. The third-order valence-electron chi connectivity index (χ3n) is 2.83. The third-order valence-corrected chi connectivity index (χ3v) is 3.30. The van der Waals surface area contributed by atoms with Crippen LogP contribution in [-0.2, 0) is 6.42 Å². The van der Waals surface area contributed by atoms with Gasteiger partial charge < -0.3 is 0 Å². The number of nitrogens with zero attached hydrogens (tertiary/aromatic N) is 4. The monoisotopic (exact) mass is 324 g/mol. The number of hydrogen-bond acceptors (Lipinski definition) is 5. The van der Waals surface area contributed by atoms with Crippen LogP contribution in [0, 0.1) is 0 Å². The molecule has 7 heteroatoms. The number of rotatable bonds is 5.